The van der Waals surface area contributed by atoms with Gasteiger partial charge < -0.3 is 15.7 Å². The molecule has 1 aliphatic heterocycles. The molecule has 0 aromatic heterocycles. The number of piperidine rings is 1. The van der Waals surface area contributed by atoms with Crippen molar-refractivity contribution in [3.8, 4) is 0 Å². The van der Waals surface area contributed by atoms with Gasteiger partial charge >= 0.3 is 5.97 Å². The van der Waals surface area contributed by atoms with E-state index < -0.39 is 17.0 Å². The Bertz CT molecular complexity index is 367. The second kappa shape index (κ2) is 6.12. The summed E-state index contributed by atoms with van der Waals surface area (Å²) in [7, 11) is 0. The Balaban J connectivity index is 2.11. The van der Waals surface area contributed by atoms with Gasteiger partial charge in [-0.05, 0) is 45.6 Å². The predicted molar refractivity (Wildman–Crippen MR) is 76.5 cm³/mol. The van der Waals surface area contributed by atoms with Gasteiger partial charge in [-0.25, -0.2) is 4.79 Å². The first-order valence-corrected chi connectivity index (χ1v) is 7.80. The zero-order valence-electron chi connectivity index (χ0n) is 12.3. The van der Waals surface area contributed by atoms with Gasteiger partial charge in [0.15, 0.2) is 0 Å². The highest BCUT2D eigenvalue weighted by Crippen LogP contribution is 2.29. The average Bonchev–Trinajstić information content (AvgIpc) is 2.66. The van der Waals surface area contributed by atoms with E-state index in [1.54, 1.807) is 0 Å². The minimum Gasteiger partial charge on any atom is -0.480 e. The molecule has 0 bridgehead atoms. The number of carboxylic acids is 1. The molecule has 1 atom stereocenters. The van der Waals surface area contributed by atoms with Gasteiger partial charge in [-0.2, -0.15) is 0 Å². The van der Waals surface area contributed by atoms with Gasteiger partial charge in [-0.1, -0.05) is 25.7 Å². The van der Waals surface area contributed by atoms with E-state index in [2.05, 4.69) is 10.6 Å². The van der Waals surface area contributed by atoms with Gasteiger partial charge in [0.2, 0.25) is 5.91 Å². The van der Waals surface area contributed by atoms with E-state index in [-0.39, 0.29) is 5.91 Å². The fraction of sp³-hybridized carbons (Fsp3) is 0.867. The van der Waals surface area contributed by atoms with E-state index >= 15 is 0 Å². The molecule has 1 saturated carbocycles. The van der Waals surface area contributed by atoms with Crippen LogP contribution in [-0.4, -0.2) is 34.6 Å². The van der Waals surface area contributed by atoms with Crippen LogP contribution < -0.4 is 10.6 Å². The minimum atomic E-state index is -1.06. The molecule has 20 heavy (non-hydrogen) atoms. The smallest absolute Gasteiger partial charge is 0.329 e. The lowest BCUT2D eigenvalue weighted by molar-refractivity contribution is -0.149. The van der Waals surface area contributed by atoms with Crippen molar-refractivity contribution in [1.82, 2.24) is 10.6 Å². The number of carbonyl (C=O) groups excluding carboxylic acids is 1. The fourth-order valence-corrected chi connectivity index (χ4v) is 3.33. The third-order valence-electron chi connectivity index (χ3n) is 4.84. The SMILES string of the molecule is CC1(C(=O)NC2(C(=O)O)CCCCCC2)CCCCN1. The Labute approximate surface area is 120 Å². The maximum Gasteiger partial charge on any atom is 0.329 e. The lowest BCUT2D eigenvalue weighted by Crippen LogP contribution is -2.64. The van der Waals surface area contributed by atoms with Crippen LogP contribution in [0.4, 0.5) is 0 Å². The van der Waals surface area contributed by atoms with Gasteiger partial charge in [0, 0.05) is 0 Å². The highest BCUT2D eigenvalue weighted by molar-refractivity contribution is 5.92. The number of carboxylic acid groups (broad SMARTS) is 1. The van der Waals surface area contributed by atoms with Gasteiger partial charge in [0.05, 0.1) is 5.54 Å². The normalized spacial score (nSPS) is 30.2. The van der Waals surface area contributed by atoms with Crippen molar-refractivity contribution in [2.75, 3.05) is 6.54 Å². The largest absolute Gasteiger partial charge is 0.480 e. The predicted octanol–water partition coefficient (Wildman–Crippen LogP) is 1.81. The maximum absolute atomic E-state index is 12.6. The molecule has 2 fully saturated rings. The van der Waals surface area contributed by atoms with Crippen LogP contribution in [-0.2, 0) is 9.59 Å². The highest BCUT2D eigenvalue weighted by Gasteiger charge is 2.44. The Kier molecular flexibility index (Phi) is 4.68. The molecule has 5 nitrogen and oxygen atoms in total. The van der Waals surface area contributed by atoms with Crippen LogP contribution in [0.2, 0.25) is 0 Å². The lowest BCUT2D eigenvalue weighted by atomic mass is 9.85. The summed E-state index contributed by atoms with van der Waals surface area (Å²) in [5.41, 5.74) is -1.68. The molecule has 2 rings (SSSR count). The van der Waals surface area contributed by atoms with Gasteiger partial charge in [-0.15, -0.1) is 0 Å². The summed E-state index contributed by atoms with van der Waals surface area (Å²) in [5, 5.41) is 15.7. The molecule has 0 aromatic carbocycles. The van der Waals surface area contributed by atoms with E-state index in [4.69, 9.17) is 0 Å². The molecule has 1 unspecified atom stereocenters. The standard InChI is InChI=1S/C15H26N2O3/c1-14(8-6-7-11-16-14)12(18)17-15(13(19)20)9-4-2-3-5-10-15/h16H,2-11H2,1H3,(H,17,18)(H,19,20). The Morgan fingerprint density at radius 1 is 1.00 bits per heavy atom. The number of nitrogens with one attached hydrogen (secondary N) is 2. The second-order valence-electron chi connectivity index (χ2n) is 6.47. The van der Waals surface area contributed by atoms with Crippen LogP contribution in [0.25, 0.3) is 0 Å². The topological polar surface area (TPSA) is 78.4 Å². The number of carbonyl (C=O) groups is 2. The van der Waals surface area contributed by atoms with E-state index in [1.165, 1.54) is 0 Å². The Morgan fingerprint density at radius 2 is 1.60 bits per heavy atom. The van der Waals surface area contributed by atoms with E-state index in [1.807, 2.05) is 6.92 Å². The molecule has 3 N–H and O–H groups in total. The second-order valence-corrected chi connectivity index (χ2v) is 6.47. The molecule has 1 heterocycles. The first-order valence-electron chi connectivity index (χ1n) is 7.80. The summed E-state index contributed by atoms with van der Waals surface area (Å²) in [4.78, 5) is 24.3. The molecular formula is C15H26N2O3. The van der Waals surface area contributed by atoms with Crippen LogP contribution in [0.15, 0.2) is 0 Å². The molecule has 1 aliphatic carbocycles. The third-order valence-corrected chi connectivity index (χ3v) is 4.84. The van der Waals surface area contributed by atoms with Gasteiger partial charge in [0.1, 0.15) is 5.54 Å². The van der Waals surface area contributed by atoms with Gasteiger partial charge in [0.25, 0.3) is 0 Å². The fourth-order valence-electron chi connectivity index (χ4n) is 3.33. The molecule has 1 saturated heterocycles. The number of hydrogen-bond acceptors (Lipinski definition) is 3. The summed E-state index contributed by atoms with van der Waals surface area (Å²) in [5.74, 6) is -1.03. The molecule has 5 heteroatoms. The van der Waals surface area contributed by atoms with Gasteiger partial charge in [-0.3, -0.25) is 4.79 Å². The average molecular weight is 282 g/mol. The van der Waals surface area contributed by atoms with Crippen molar-refractivity contribution in [2.24, 2.45) is 0 Å². The van der Waals surface area contributed by atoms with Crippen LogP contribution in [0.5, 0.6) is 0 Å². The van der Waals surface area contributed by atoms with Crippen molar-refractivity contribution >= 4 is 11.9 Å². The van der Waals surface area contributed by atoms with Crippen LogP contribution in [0.1, 0.15) is 64.7 Å². The molecule has 1 amide bonds. The zero-order chi connectivity index (χ0) is 14.6. The maximum atomic E-state index is 12.6. The van der Waals surface area contributed by atoms with Crippen LogP contribution in [0, 0.1) is 0 Å². The van der Waals surface area contributed by atoms with E-state index in [9.17, 15) is 14.7 Å². The summed E-state index contributed by atoms with van der Waals surface area (Å²) >= 11 is 0. The van der Waals surface area contributed by atoms with E-state index in [0.717, 1.165) is 51.5 Å². The molecule has 2 aliphatic rings. The first kappa shape index (κ1) is 15.3. The molecular weight excluding hydrogens is 256 g/mol. The molecule has 0 spiro atoms. The Hall–Kier alpha value is -1.10. The molecule has 0 aromatic rings. The number of rotatable bonds is 3. The quantitative estimate of drug-likeness (QED) is 0.690. The van der Waals surface area contributed by atoms with Crippen LogP contribution in [0.3, 0.4) is 0 Å². The summed E-state index contributed by atoms with van der Waals surface area (Å²) < 4.78 is 0. The molecule has 0 radical (unpaired) electrons. The van der Waals surface area contributed by atoms with Crippen molar-refractivity contribution in [3.05, 3.63) is 0 Å². The number of amides is 1. The zero-order valence-corrected chi connectivity index (χ0v) is 12.3. The third kappa shape index (κ3) is 3.14. The number of hydrogen-bond donors (Lipinski definition) is 3. The van der Waals surface area contributed by atoms with E-state index in [0.29, 0.717) is 12.8 Å². The van der Waals surface area contributed by atoms with Crippen molar-refractivity contribution in [1.29, 1.82) is 0 Å². The lowest BCUT2D eigenvalue weighted by Gasteiger charge is -2.38. The first-order chi connectivity index (χ1) is 9.49. The summed E-state index contributed by atoms with van der Waals surface area (Å²) in [6, 6.07) is 0. The van der Waals surface area contributed by atoms with Crippen LogP contribution >= 0.6 is 0 Å². The van der Waals surface area contributed by atoms with Crippen molar-refractivity contribution < 1.29 is 14.7 Å². The van der Waals surface area contributed by atoms with Crippen molar-refractivity contribution in [3.63, 3.8) is 0 Å². The minimum absolute atomic E-state index is 0.151. The summed E-state index contributed by atoms with van der Waals surface area (Å²) in [6.45, 7) is 2.71. The monoisotopic (exact) mass is 282 g/mol. The molecule has 114 valence electrons. The Morgan fingerprint density at radius 3 is 2.10 bits per heavy atom. The summed E-state index contributed by atoms with van der Waals surface area (Å²) in [6.07, 6.45) is 7.81. The number of aliphatic carboxylic acids is 1. The van der Waals surface area contributed by atoms with Crippen molar-refractivity contribution in [2.45, 2.75) is 75.8 Å². The highest BCUT2D eigenvalue weighted by atomic mass is 16.4.